The molecule has 2 aromatic carbocycles. The summed E-state index contributed by atoms with van der Waals surface area (Å²) in [7, 11) is 0. The molecule has 22 heavy (non-hydrogen) atoms. The van der Waals surface area contributed by atoms with Gasteiger partial charge < -0.3 is 9.15 Å². The van der Waals surface area contributed by atoms with E-state index in [1.807, 2.05) is 36.4 Å². The number of hydrogen-bond donors (Lipinski definition) is 0. The van der Waals surface area contributed by atoms with Crippen LogP contribution in [0.4, 0.5) is 0 Å². The molecule has 4 heteroatoms. The molecule has 0 saturated heterocycles. The molecule has 3 aromatic rings. The molecule has 0 fully saturated rings. The summed E-state index contributed by atoms with van der Waals surface area (Å²) in [4.78, 5) is 22.9. The molecule has 0 radical (unpaired) electrons. The summed E-state index contributed by atoms with van der Waals surface area (Å²) in [6.45, 7) is 1.36. The van der Waals surface area contributed by atoms with Gasteiger partial charge in [-0.3, -0.25) is 4.79 Å². The van der Waals surface area contributed by atoms with Gasteiger partial charge in [0.1, 0.15) is 11.3 Å². The highest BCUT2D eigenvalue weighted by atomic mass is 16.5. The fourth-order valence-electron chi connectivity index (χ4n) is 2.29. The summed E-state index contributed by atoms with van der Waals surface area (Å²) >= 11 is 0. The zero-order chi connectivity index (χ0) is 15.5. The van der Waals surface area contributed by atoms with Crippen molar-refractivity contribution in [3.05, 3.63) is 76.1 Å². The predicted molar refractivity (Wildman–Crippen MR) is 83.0 cm³/mol. The topological polar surface area (TPSA) is 56.5 Å². The van der Waals surface area contributed by atoms with Crippen molar-refractivity contribution in [1.82, 2.24) is 0 Å². The molecule has 0 bridgehead atoms. The second-order valence-electron chi connectivity index (χ2n) is 5.01. The van der Waals surface area contributed by atoms with Crippen LogP contribution in [0.3, 0.4) is 0 Å². The van der Waals surface area contributed by atoms with Crippen LogP contribution in [-0.2, 0) is 11.2 Å². The van der Waals surface area contributed by atoms with Crippen molar-refractivity contribution in [2.24, 2.45) is 0 Å². The molecule has 3 rings (SSSR count). The zero-order valence-electron chi connectivity index (χ0n) is 12.0. The maximum Gasteiger partial charge on any atom is 0.339 e. The molecule has 0 saturated carbocycles. The predicted octanol–water partition coefficient (Wildman–Crippen LogP) is 3.31. The van der Waals surface area contributed by atoms with Crippen molar-refractivity contribution in [2.45, 2.75) is 13.3 Å². The quantitative estimate of drug-likeness (QED) is 0.422. The highest BCUT2D eigenvalue weighted by molar-refractivity contribution is 5.76. The lowest BCUT2D eigenvalue weighted by Crippen LogP contribution is -2.07. The van der Waals surface area contributed by atoms with E-state index < -0.39 is 0 Å². The van der Waals surface area contributed by atoms with Gasteiger partial charge in [-0.2, -0.15) is 0 Å². The van der Waals surface area contributed by atoms with Crippen molar-refractivity contribution in [2.75, 3.05) is 0 Å². The largest absolute Gasteiger partial charge is 0.427 e. The van der Waals surface area contributed by atoms with Gasteiger partial charge in [-0.05, 0) is 29.8 Å². The third kappa shape index (κ3) is 3.06. The van der Waals surface area contributed by atoms with Crippen LogP contribution in [-0.4, -0.2) is 5.97 Å². The van der Waals surface area contributed by atoms with Crippen molar-refractivity contribution in [1.29, 1.82) is 0 Å². The van der Waals surface area contributed by atoms with Crippen LogP contribution < -0.4 is 10.4 Å². The van der Waals surface area contributed by atoms with Gasteiger partial charge in [-0.1, -0.05) is 30.3 Å². The number of benzene rings is 2. The zero-order valence-corrected chi connectivity index (χ0v) is 12.0. The van der Waals surface area contributed by atoms with E-state index in [0.717, 1.165) is 10.9 Å². The Morgan fingerprint density at radius 1 is 1.09 bits per heavy atom. The first-order chi connectivity index (χ1) is 10.6. The Balaban J connectivity index is 1.88. The first-order valence-electron chi connectivity index (χ1n) is 6.91. The van der Waals surface area contributed by atoms with Crippen LogP contribution in [0.5, 0.6) is 5.75 Å². The number of ether oxygens (including phenoxy) is 1. The molecular weight excluding hydrogens is 280 g/mol. The summed E-state index contributed by atoms with van der Waals surface area (Å²) < 4.78 is 10.3. The third-order valence-electron chi connectivity index (χ3n) is 3.29. The summed E-state index contributed by atoms with van der Waals surface area (Å²) in [5.74, 6) is 0.129. The average molecular weight is 294 g/mol. The summed E-state index contributed by atoms with van der Waals surface area (Å²) in [6.07, 6.45) is 0.466. The lowest BCUT2D eigenvalue weighted by Gasteiger charge is -2.04. The van der Waals surface area contributed by atoms with Gasteiger partial charge in [-0.25, -0.2) is 4.79 Å². The van der Waals surface area contributed by atoms with Gasteiger partial charge in [-0.15, -0.1) is 0 Å². The van der Waals surface area contributed by atoms with Gasteiger partial charge in [0.2, 0.25) is 0 Å². The van der Waals surface area contributed by atoms with E-state index in [4.69, 9.17) is 9.15 Å². The Hall–Kier alpha value is -2.88. The number of carbonyl (C=O) groups is 1. The maximum atomic E-state index is 12.0. The second-order valence-corrected chi connectivity index (χ2v) is 5.01. The lowest BCUT2D eigenvalue weighted by atomic mass is 10.1. The summed E-state index contributed by atoms with van der Waals surface area (Å²) in [6, 6.07) is 16.3. The molecular formula is C18H14O4. The van der Waals surface area contributed by atoms with Crippen molar-refractivity contribution in [3.63, 3.8) is 0 Å². The second kappa shape index (κ2) is 5.85. The Labute approximate surface area is 127 Å². The standard InChI is InChI=1S/C18H14O4/c1-12(19)21-16-8-6-13(7-9-16)10-15-11-14-4-2-3-5-17(14)22-18(15)20/h2-9,11H,10H2,1H3. The number of para-hydroxylation sites is 1. The number of esters is 1. The lowest BCUT2D eigenvalue weighted by molar-refractivity contribution is -0.131. The van der Waals surface area contributed by atoms with E-state index in [1.54, 1.807) is 18.2 Å². The number of fused-ring (bicyclic) bond motifs is 1. The first kappa shape index (κ1) is 14.1. The molecule has 0 atom stereocenters. The van der Waals surface area contributed by atoms with E-state index in [-0.39, 0.29) is 11.6 Å². The first-order valence-corrected chi connectivity index (χ1v) is 6.91. The smallest absolute Gasteiger partial charge is 0.339 e. The Morgan fingerprint density at radius 3 is 2.55 bits per heavy atom. The molecule has 0 aliphatic carbocycles. The molecule has 0 aliphatic heterocycles. The van der Waals surface area contributed by atoms with Crippen LogP contribution in [0, 0.1) is 0 Å². The van der Waals surface area contributed by atoms with Gasteiger partial charge in [0.05, 0.1) is 0 Å². The third-order valence-corrected chi connectivity index (χ3v) is 3.29. The minimum Gasteiger partial charge on any atom is -0.427 e. The van der Waals surface area contributed by atoms with Crippen LogP contribution >= 0.6 is 0 Å². The molecule has 1 heterocycles. The Kier molecular flexibility index (Phi) is 3.74. The monoisotopic (exact) mass is 294 g/mol. The fourth-order valence-corrected chi connectivity index (χ4v) is 2.29. The number of hydrogen-bond acceptors (Lipinski definition) is 4. The van der Waals surface area contributed by atoms with E-state index in [0.29, 0.717) is 23.3 Å². The Bertz CT molecular complexity index is 875. The van der Waals surface area contributed by atoms with E-state index in [1.165, 1.54) is 6.92 Å². The fraction of sp³-hybridized carbons (Fsp3) is 0.111. The van der Waals surface area contributed by atoms with E-state index in [2.05, 4.69) is 0 Å². The van der Waals surface area contributed by atoms with Crippen LogP contribution in [0.2, 0.25) is 0 Å². The van der Waals surface area contributed by atoms with Gasteiger partial charge in [0, 0.05) is 24.3 Å². The molecule has 1 aromatic heterocycles. The normalized spacial score (nSPS) is 10.6. The highest BCUT2D eigenvalue weighted by Gasteiger charge is 2.06. The highest BCUT2D eigenvalue weighted by Crippen LogP contribution is 2.17. The molecule has 0 spiro atoms. The van der Waals surface area contributed by atoms with E-state index >= 15 is 0 Å². The Morgan fingerprint density at radius 2 is 1.82 bits per heavy atom. The van der Waals surface area contributed by atoms with Crippen molar-refractivity contribution in [3.8, 4) is 5.75 Å². The average Bonchev–Trinajstić information content (AvgIpc) is 2.49. The minimum atomic E-state index is -0.358. The summed E-state index contributed by atoms with van der Waals surface area (Å²) in [5.41, 5.74) is 1.79. The molecule has 110 valence electrons. The van der Waals surface area contributed by atoms with Gasteiger partial charge in [0.15, 0.2) is 0 Å². The van der Waals surface area contributed by atoms with Crippen LogP contribution in [0.15, 0.2) is 63.8 Å². The molecule has 0 N–H and O–H groups in total. The number of rotatable bonds is 3. The van der Waals surface area contributed by atoms with Crippen LogP contribution in [0.25, 0.3) is 11.0 Å². The van der Waals surface area contributed by atoms with Crippen molar-refractivity contribution >= 4 is 16.9 Å². The molecule has 0 amide bonds. The SMILES string of the molecule is CC(=O)Oc1ccc(Cc2cc3ccccc3oc2=O)cc1. The van der Waals surface area contributed by atoms with Gasteiger partial charge >= 0.3 is 11.6 Å². The molecule has 0 aliphatic rings. The minimum absolute atomic E-state index is 0.331. The number of carbonyl (C=O) groups excluding carboxylic acids is 1. The maximum absolute atomic E-state index is 12.0. The van der Waals surface area contributed by atoms with E-state index in [9.17, 15) is 9.59 Å². The molecule has 0 unspecified atom stereocenters. The summed E-state index contributed by atoms with van der Waals surface area (Å²) in [5, 5.41) is 0.897. The van der Waals surface area contributed by atoms with Gasteiger partial charge in [0.25, 0.3) is 0 Å². The molecule has 4 nitrogen and oxygen atoms in total. The van der Waals surface area contributed by atoms with Crippen molar-refractivity contribution < 1.29 is 13.9 Å². The van der Waals surface area contributed by atoms with Crippen LogP contribution in [0.1, 0.15) is 18.1 Å².